The van der Waals surface area contributed by atoms with Crippen LogP contribution in [0.4, 0.5) is 4.79 Å². The van der Waals surface area contributed by atoms with Gasteiger partial charge < -0.3 is 25.4 Å². The van der Waals surface area contributed by atoms with Crippen LogP contribution >= 0.6 is 0 Å². The van der Waals surface area contributed by atoms with E-state index in [1.54, 1.807) is 45.0 Å². The van der Waals surface area contributed by atoms with E-state index in [4.69, 9.17) is 10.6 Å². The second-order valence-corrected chi connectivity index (χ2v) is 10.6. The average Bonchev–Trinajstić information content (AvgIpc) is 2.85. The Balaban J connectivity index is 2.04. The molecule has 2 unspecified atom stereocenters. The van der Waals surface area contributed by atoms with Crippen molar-refractivity contribution in [1.29, 1.82) is 0 Å². The van der Waals surface area contributed by atoms with Gasteiger partial charge in [-0.2, -0.15) is 0 Å². The molecule has 0 aromatic heterocycles. The second kappa shape index (κ2) is 13.0. The van der Waals surface area contributed by atoms with Crippen molar-refractivity contribution in [2.45, 2.75) is 70.8 Å². The van der Waals surface area contributed by atoms with E-state index >= 15 is 0 Å². The van der Waals surface area contributed by atoms with Gasteiger partial charge in [0.15, 0.2) is 0 Å². The predicted octanol–water partition coefficient (Wildman–Crippen LogP) is 2.53. The summed E-state index contributed by atoms with van der Waals surface area (Å²) < 4.78 is 5.29. The number of carbonyl (C=O) groups is 2. The monoisotopic (exact) mass is 515 g/mol. The van der Waals surface area contributed by atoms with Gasteiger partial charge in [0, 0.05) is 0 Å². The Morgan fingerprint density at radius 1 is 0.919 bits per heavy atom. The lowest BCUT2D eigenvalue weighted by molar-refractivity contribution is -0.202. The summed E-state index contributed by atoms with van der Waals surface area (Å²) in [5, 5.41) is 35.5. The number of rotatable bonds is 12. The molecule has 0 fully saturated rings. The summed E-state index contributed by atoms with van der Waals surface area (Å²) in [6.07, 6.45) is 1.33. The number of benzene rings is 2. The summed E-state index contributed by atoms with van der Waals surface area (Å²) in [4.78, 5) is 25.3. The van der Waals surface area contributed by atoms with E-state index in [0.29, 0.717) is 17.0 Å². The van der Waals surface area contributed by atoms with Crippen LogP contribution in [0.15, 0.2) is 60.7 Å². The van der Waals surface area contributed by atoms with E-state index < -0.39 is 41.4 Å². The molecule has 2 aromatic rings. The van der Waals surface area contributed by atoms with Crippen LogP contribution in [-0.2, 0) is 22.4 Å². The minimum atomic E-state index is -2.62. The van der Waals surface area contributed by atoms with E-state index in [9.17, 15) is 24.9 Å². The average molecular weight is 516 g/mol. The molecule has 0 aliphatic carbocycles. The van der Waals surface area contributed by atoms with Crippen molar-refractivity contribution in [2.75, 3.05) is 13.2 Å². The Bertz CT molecular complexity index is 990. The topological polar surface area (TPSA) is 145 Å². The number of hydrazine groups is 1. The van der Waals surface area contributed by atoms with Gasteiger partial charge in [0.05, 0.1) is 13.2 Å². The molecule has 2 amide bonds. The SMILES string of the molecule is CC(C)(C)C(C)(O)C(=O)NCC(O)(O)C(Cc1ccccc1)N(N)C(=O)OCCCCc1ccccc1. The van der Waals surface area contributed by atoms with Crippen molar-refractivity contribution < 1.29 is 29.6 Å². The number of nitrogens with zero attached hydrogens (tertiary/aromatic N) is 1. The second-order valence-electron chi connectivity index (χ2n) is 10.6. The third kappa shape index (κ3) is 8.82. The zero-order valence-corrected chi connectivity index (χ0v) is 22.2. The number of carbonyl (C=O) groups excluding carboxylic acids is 2. The summed E-state index contributed by atoms with van der Waals surface area (Å²) >= 11 is 0. The number of nitrogens with one attached hydrogen (secondary N) is 1. The molecule has 9 heteroatoms. The molecule has 0 saturated carbocycles. The molecule has 0 heterocycles. The number of aryl methyl sites for hydroxylation is 1. The quantitative estimate of drug-likeness (QED) is 0.0960. The molecule has 0 aliphatic rings. The predicted molar refractivity (Wildman–Crippen MR) is 141 cm³/mol. The number of hydrogen-bond acceptors (Lipinski definition) is 7. The minimum Gasteiger partial charge on any atom is -0.448 e. The summed E-state index contributed by atoms with van der Waals surface area (Å²) in [5.41, 5.74) is -0.702. The first kappa shape index (κ1) is 30.2. The smallest absolute Gasteiger partial charge is 0.424 e. The molecular weight excluding hydrogens is 474 g/mol. The van der Waals surface area contributed by atoms with E-state index in [2.05, 4.69) is 5.32 Å². The first-order valence-corrected chi connectivity index (χ1v) is 12.5. The molecule has 0 radical (unpaired) electrons. The van der Waals surface area contributed by atoms with Crippen molar-refractivity contribution in [1.82, 2.24) is 10.3 Å². The molecular formula is C28H41N3O6. The van der Waals surface area contributed by atoms with Crippen LogP contribution in [0.1, 0.15) is 51.7 Å². The van der Waals surface area contributed by atoms with Gasteiger partial charge in [0.1, 0.15) is 11.6 Å². The van der Waals surface area contributed by atoms with Crippen molar-refractivity contribution >= 4 is 12.0 Å². The molecule has 0 bridgehead atoms. The lowest BCUT2D eigenvalue weighted by Crippen LogP contribution is -2.64. The van der Waals surface area contributed by atoms with E-state index in [1.807, 2.05) is 36.4 Å². The van der Waals surface area contributed by atoms with Gasteiger partial charge in [-0.25, -0.2) is 15.6 Å². The van der Waals surface area contributed by atoms with E-state index in [-0.39, 0.29) is 13.0 Å². The molecule has 2 rings (SSSR count). The maximum absolute atomic E-state index is 12.7. The fraction of sp³-hybridized carbons (Fsp3) is 0.500. The van der Waals surface area contributed by atoms with Crippen LogP contribution in [0.25, 0.3) is 0 Å². The summed E-state index contributed by atoms with van der Waals surface area (Å²) in [7, 11) is 0. The molecule has 0 aliphatic heterocycles. The van der Waals surface area contributed by atoms with Crippen LogP contribution in [0.2, 0.25) is 0 Å². The Morgan fingerprint density at radius 2 is 1.46 bits per heavy atom. The fourth-order valence-electron chi connectivity index (χ4n) is 3.60. The number of aliphatic hydroxyl groups is 3. The van der Waals surface area contributed by atoms with Gasteiger partial charge in [-0.15, -0.1) is 0 Å². The normalized spacial score (nSPS) is 14.4. The van der Waals surface area contributed by atoms with Crippen LogP contribution in [0, 0.1) is 5.41 Å². The largest absolute Gasteiger partial charge is 0.448 e. The van der Waals surface area contributed by atoms with Gasteiger partial charge in [-0.05, 0) is 49.1 Å². The zero-order chi connectivity index (χ0) is 27.7. The van der Waals surface area contributed by atoms with Crippen molar-refractivity contribution in [2.24, 2.45) is 11.3 Å². The minimum absolute atomic E-state index is 0.0149. The first-order valence-electron chi connectivity index (χ1n) is 12.5. The van der Waals surface area contributed by atoms with Crippen LogP contribution < -0.4 is 11.2 Å². The molecule has 0 saturated heterocycles. The van der Waals surface area contributed by atoms with Crippen LogP contribution in [0.5, 0.6) is 0 Å². The Hall–Kier alpha value is -2.98. The lowest BCUT2D eigenvalue weighted by atomic mass is 9.77. The van der Waals surface area contributed by atoms with Crippen molar-refractivity contribution in [3.05, 3.63) is 71.8 Å². The van der Waals surface area contributed by atoms with E-state index in [1.165, 1.54) is 12.5 Å². The highest BCUT2D eigenvalue weighted by molar-refractivity contribution is 5.85. The Labute approximate surface area is 219 Å². The van der Waals surface area contributed by atoms with E-state index in [0.717, 1.165) is 12.8 Å². The van der Waals surface area contributed by atoms with Gasteiger partial charge in [0.25, 0.3) is 5.91 Å². The molecule has 2 atom stereocenters. The highest BCUT2D eigenvalue weighted by Gasteiger charge is 2.45. The van der Waals surface area contributed by atoms with Gasteiger partial charge >= 0.3 is 6.09 Å². The Morgan fingerprint density at radius 3 is 2.00 bits per heavy atom. The number of ether oxygens (including phenoxy) is 1. The standard InChI is InChI=1S/C28H41N3O6/c1-26(2,3)27(4,34)24(32)30-20-28(35,36)23(19-22-16-9-6-10-17-22)31(29)25(33)37-18-12-11-15-21-13-7-5-8-14-21/h5-10,13-14,16-17,23,34-36H,11-12,15,18-20,29H2,1-4H3,(H,30,32). The summed E-state index contributed by atoms with van der Waals surface area (Å²) in [6, 6.07) is 17.5. The van der Waals surface area contributed by atoms with Gasteiger partial charge in [-0.1, -0.05) is 81.4 Å². The summed E-state index contributed by atoms with van der Waals surface area (Å²) in [6.45, 7) is 5.86. The Kier molecular flexibility index (Phi) is 10.6. The lowest BCUT2D eigenvalue weighted by Gasteiger charge is -2.39. The highest BCUT2D eigenvalue weighted by Crippen LogP contribution is 2.30. The van der Waals surface area contributed by atoms with Gasteiger partial charge in [-0.3, -0.25) is 4.79 Å². The molecule has 2 aromatic carbocycles. The first-order chi connectivity index (χ1) is 17.3. The van der Waals surface area contributed by atoms with Crippen molar-refractivity contribution in [3.8, 4) is 0 Å². The van der Waals surface area contributed by atoms with Gasteiger partial charge in [0.2, 0.25) is 5.79 Å². The number of hydrogen-bond donors (Lipinski definition) is 5. The number of nitrogens with two attached hydrogens (primary N) is 1. The maximum Gasteiger partial charge on any atom is 0.424 e. The van der Waals surface area contributed by atoms with Crippen LogP contribution in [0.3, 0.4) is 0 Å². The third-order valence-electron chi connectivity index (χ3n) is 6.69. The van der Waals surface area contributed by atoms with Crippen LogP contribution in [-0.4, -0.2) is 62.9 Å². The zero-order valence-electron chi connectivity index (χ0n) is 22.2. The highest BCUT2D eigenvalue weighted by atomic mass is 16.6. The molecule has 204 valence electrons. The third-order valence-corrected chi connectivity index (χ3v) is 6.69. The molecule has 0 spiro atoms. The number of amides is 2. The van der Waals surface area contributed by atoms with Crippen molar-refractivity contribution in [3.63, 3.8) is 0 Å². The molecule has 9 nitrogen and oxygen atoms in total. The maximum atomic E-state index is 12.7. The fourth-order valence-corrected chi connectivity index (χ4v) is 3.60. The molecule has 37 heavy (non-hydrogen) atoms. The summed E-state index contributed by atoms with van der Waals surface area (Å²) in [5.74, 6) is 2.63. The number of unbranched alkanes of at least 4 members (excludes halogenated alkanes) is 1. The molecule has 6 N–H and O–H groups in total.